The Balaban J connectivity index is 2.50. The molecule has 0 aliphatic heterocycles. The Kier molecular flexibility index (Phi) is 3.42. The van der Waals surface area contributed by atoms with E-state index in [-0.39, 0.29) is 17.8 Å². The predicted molar refractivity (Wildman–Crippen MR) is 44.9 cm³/mol. The molecule has 0 aromatic carbocycles. The van der Waals surface area contributed by atoms with Crippen molar-refractivity contribution in [3.8, 4) is 0 Å². The zero-order chi connectivity index (χ0) is 9.84. The van der Waals surface area contributed by atoms with E-state index in [4.69, 9.17) is 0 Å². The molecule has 13 heavy (non-hydrogen) atoms. The molecule has 1 aliphatic rings. The van der Waals surface area contributed by atoms with E-state index in [0.717, 1.165) is 6.29 Å². The van der Waals surface area contributed by atoms with Gasteiger partial charge in [-0.2, -0.15) is 0 Å². The number of hydrogen-bond acceptors (Lipinski definition) is 4. The largest absolute Gasteiger partial charge is 0.469 e. The Bertz CT molecular complexity index is 202. The molecule has 0 radical (unpaired) electrons. The fourth-order valence-electron chi connectivity index (χ4n) is 1.71. The molecule has 2 unspecified atom stereocenters. The van der Waals surface area contributed by atoms with Gasteiger partial charge >= 0.3 is 5.97 Å². The van der Waals surface area contributed by atoms with Crippen molar-refractivity contribution < 1.29 is 19.4 Å². The van der Waals surface area contributed by atoms with E-state index < -0.39 is 6.10 Å². The van der Waals surface area contributed by atoms with E-state index in [2.05, 4.69) is 4.74 Å². The van der Waals surface area contributed by atoms with E-state index in [1.165, 1.54) is 7.11 Å². The van der Waals surface area contributed by atoms with Crippen LogP contribution in [0.15, 0.2) is 0 Å². The first-order valence-corrected chi connectivity index (χ1v) is 4.40. The van der Waals surface area contributed by atoms with Gasteiger partial charge < -0.3 is 14.6 Å². The number of carbonyl (C=O) groups excluding carboxylic acids is 2. The predicted octanol–water partition coefficient (Wildman–Crippen LogP) is 0.135. The number of aliphatic hydroxyl groups is 1. The molecule has 0 amide bonds. The smallest absolute Gasteiger partial charge is 0.308 e. The van der Waals surface area contributed by atoms with Crippen molar-refractivity contribution in [3.05, 3.63) is 0 Å². The Labute approximate surface area is 76.9 Å². The van der Waals surface area contributed by atoms with Gasteiger partial charge in [0.1, 0.15) is 6.29 Å². The van der Waals surface area contributed by atoms with Crippen molar-refractivity contribution in [1.29, 1.82) is 0 Å². The highest BCUT2D eigenvalue weighted by Gasteiger charge is 2.32. The van der Waals surface area contributed by atoms with Crippen molar-refractivity contribution in [2.24, 2.45) is 11.8 Å². The Morgan fingerprint density at radius 3 is 2.69 bits per heavy atom. The topological polar surface area (TPSA) is 63.6 Å². The standard InChI is InChI=1S/C9H14O4/c1-13-9(12)6-2-3-7(5-10)8(11)4-6/h5-8,11H,2-4H2,1H3/t6?,7-,8?/m0/s1. The number of hydrogen-bond donors (Lipinski definition) is 1. The number of aliphatic hydroxyl groups excluding tert-OH is 1. The summed E-state index contributed by atoms with van der Waals surface area (Å²) in [6, 6.07) is 0. The summed E-state index contributed by atoms with van der Waals surface area (Å²) in [5, 5.41) is 9.44. The number of esters is 1. The van der Waals surface area contributed by atoms with Gasteiger partial charge in [-0.05, 0) is 19.3 Å². The Hall–Kier alpha value is -0.900. The molecule has 1 rings (SSSR count). The van der Waals surface area contributed by atoms with Gasteiger partial charge in [-0.25, -0.2) is 0 Å². The molecule has 1 fully saturated rings. The fourth-order valence-corrected chi connectivity index (χ4v) is 1.71. The van der Waals surface area contributed by atoms with Gasteiger partial charge in [-0.3, -0.25) is 4.79 Å². The van der Waals surface area contributed by atoms with Crippen molar-refractivity contribution in [1.82, 2.24) is 0 Å². The van der Waals surface area contributed by atoms with Crippen LogP contribution in [0.4, 0.5) is 0 Å². The minimum atomic E-state index is -0.685. The molecule has 0 spiro atoms. The number of methoxy groups -OCH3 is 1. The third kappa shape index (κ3) is 2.28. The minimum absolute atomic E-state index is 0.240. The highest BCUT2D eigenvalue weighted by atomic mass is 16.5. The summed E-state index contributed by atoms with van der Waals surface area (Å²) >= 11 is 0. The normalized spacial score (nSPS) is 33.8. The van der Waals surface area contributed by atoms with E-state index in [1.54, 1.807) is 0 Å². The van der Waals surface area contributed by atoms with Crippen molar-refractivity contribution >= 4 is 12.3 Å². The Morgan fingerprint density at radius 2 is 2.23 bits per heavy atom. The summed E-state index contributed by atoms with van der Waals surface area (Å²) in [7, 11) is 1.33. The second kappa shape index (κ2) is 4.37. The van der Waals surface area contributed by atoms with Crippen LogP contribution in [-0.2, 0) is 14.3 Å². The van der Waals surface area contributed by atoms with Gasteiger partial charge in [0, 0.05) is 5.92 Å². The van der Waals surface area contributed by atoms with Crippen LogP contribution >= 0.6 is 0 Å². The lowest BCUT2D eigenvalue weighted by atomic mass is 9.80. The molecule has 4 heteroatoms. The molecule has 0 aromatic heterocycles. The molecule has 1 aliphatic carbocycles. The minimum Gasteiger partial charge on any atom is -0.469 e. The maximum atomic E-state index is 11.1. The molecule has 0 heterocycles. The van der Waals surface area contributed by atoms with E-state index in [1.807, 2.05) is 0 Å². The number of ether oxygens (including phenoxy) is 1. The molecule has 0 bridgehead atoms. The summed E-state index contributed by atoms with van der Waals surface area (Å²) < 4.78 is 4.57. The van der Waals surface area contributed by atoms with Gasteiger partial charge in [0.05, 0.1) is 19.1 Å². The van der Waals surface area contributed by atoms with Crippen LogP contribution < -0.4 is 0 Å². The molecule has 3 atom stereocenters. The maximum Gasteiger partial charge on any atom is 0.308 e. The number of aldehydes is 1. The zero-order valence-electron chi connectivity index (χ0n) is 7.60. The number of rotatable bonds is 2. The summed E-state index contributed by atoms with van der Waals surface area (Å²) in [5.74, 6) is -0.833. The molecule has 4 nitrogen and oxygen atoms in total. The SMILES string of the molecule is COC(=O)C1CC[C@@H](C=O)C(O)C1. The molecular weight excluding hydrogens is 172 g/mol. The lowest BCUT2D eigenvalue weighted by Gasteiger charge is -2.28. The average molecular weight is 186 g/mol. The molecule has 1 saturated carbocycles. The fraction of sp³-hybridized carbons (Fsp3) is 0.778. The van der Waals surface area contributed by atoms with Gasteiger partial charge in [0.15, 0.2) is 0 Å². The van der Waals surface area contributed by atoms with Crippen molar-refractivity contribution in [3.63, 3.8) is 0 Å². The lowest BCUT2D eigenvalue weighted by molar-refractivity contribution is -0.149. The average Bonchev–Trinajstić information content (AvgIpc) is 2.16. The van der Waals surface area contributed by atoms with Crippen LogP contribution in [0.5, 0.6) is 0 Å². The third-order valence-corrected chi connectivity index (χ3v) is 2.58. The zero-order valence-corrected chi connectivity index (χ0v) is 7.60. The highest BCUT2D eigenvalue weighted by Crippen LogP contribution is 2.28. The molecular formula is C9H14O4. The second-order valence-corrected chi connectivity index (χ2v) is 3.40. The third-order valence-electron chi connectivity index (χ3n) is 2.58. The molecule has 74 valence electrons. The van der Waals surface area contributed by atoms with E-state index >= 15 is 0 Å². The van der Waals surface area contributed by atoms with Crippen molar-refractivity contribution in [2.75, 3.05) is 7.11 Å². The first-order chi connectivity index (χ1) is 6.19. The van der Waals surface area contributed by atoms with Crippen LogP contribution in [0.1, 0.15) is 19.3 Å². The summed E-state index contributed by atoms with van der Waals surface area (Å²) in [6.07, 6.45) is 1.63. The number of carbonyl (C=O) groups is 2. The van der Waals surface area contributed by atoms with Gasteiger partial charge in [-0.15, -0.1) is 0 Å². The first-order valence-electron chi connectivity index (χ1n) is 4.40. The first kappa shape index (κ1) is 10.2. The summed E-state index contributed by atoms with van der Waals surface area (Å²) in [5.41, 5.74) is 0. The van der Waals surface area contributed by atoms with Crippen LogP contribution in [0.2, 0.25) is 0 Å². The summed E-state index contributed by atoms with van der Waals surface area (Å²) in [6.45, 7) is 0. The second-order valence-electron chi connectivity index (χ2n) is 3.40. The Morgan fingerprint density at radius 1 is 1.54 bits per heavy atom. The monoisotopic (exact) mass is 186 g/mol. The van der Waals surface area contributed by atoms with Gasteiger partial charge in [-0.1, -0.05) is 0 Å². The van der Waals surface area contributed by atoms with Crippen LogP contribution in [0, 0.1) is 11.8 Å². The van der Waals surface area contributed by atoms with Crippen LogP contribution in [-0.4, -0.2) is 30.6 Å². The molecule has 0 aromatic rings. The van der Waals surface area contributed by atoms with Crippen LogP contribution in [0.3, 0.4) is 0 Å². The van der Waals surface area contributed by atoms with E-state index in [0.29, 0.717) is 19.3 Å². The molecule has 1 N–H and O–H groups in total. The lowest BCUT2D eigenvalue weighted by Crippen LogP contribution is -2.34. The van der Waals surface area contributed by atoms with Crippen LogP contribution in [0.25, 0.3) is 0 Å². The maximum absolute atomic E-state index is 11.1. The molecule has 0 saturated heterocycles. The van der Waals surface area contributed by atoms with Gasteiger partial charge in [0.2, 0.25) is 0 Å². The quantitative estimate of drug-likeness (QED) is 0.492. The summed E-state index contributed by atoms with van der Waals surface area (Å²) in [4.78, 5) is 21.5. The highest BCUT2D eigenvalue weighted by molar-refractivity contribution is 5.72. The van der Waals surface area contributed by atoms with Gasteiger partial charge in [0.25, 0.3) is 0 Å². The van der Waals surface area contributed by atoms with Crippen molar-refractivity contribution in [2.45, 2.75) is 25.4 Å². The van der Waals surface area contributed by atoms with E-state index in [9.17, 15) is 14.7 Å².